The van der Waals surface area contributed by atoms with E-state index in [2.05, 4.69) is 44.7 Å². The van der Waals surface area contributed by atoms with Crippen LogP contribution in [0.5, 0.6) is 0 Å². The SMILES string of the molecule is CC(N=C=S)SOSC(C)N=C=S. The number of thiocarbonyl (C=S) groups is 2. The van der Waals surface area contributed by atoms with Crippen LogP contribution in [0.4, 0.5) is 0 Å². The minimum atomic E-state index is -0.0475. The molecule has 0 spiro atoms. The molecule has 0 aromatic rings. The first kappa shape index (κ1) is 13.3. The summed E-state index contributed by atoms with van der Waals surface area (Å²) in [4.78, 5) is 7.58. The quantitative estimate of drug-likeness (QED) is 0.412. The molecule has 0 saturated heterocycles. The van der Waals surface area contributed by atoms with Crippen molar-refractivity contribution in [2.75, 3.05) is 0 Å². The van der Waals surface area contributed by atoms with E-state index in [4.69, 9.17) is 3.63 Å². The van der Waals surface area contributed by atoms with Gasteiger partial charge in [-0.25, -0.2) is 13.6 Å². The molecule has 3 nitrogen and oxygen atoms in total. The Morgan fingerprint density at radius 1 is 1.08 bits per heavy atom. The second kappa shape index (κ2) is 8.84. The third-order valence-electron chi connectivity index (χ3n) is 0.826. The van der Waals surface area contributed by atoms with Gasteiger partial charge in [-0.1, -0.05) is 0 Å². The van der Waals surface area contributed by atoms with Crippen LogP contribution in [0.25, 0.3) is 0 Å². The predicted molar refractivity (Wildman–Crippen MR) is 65.2 cm³/mol. The summed E-state index contributed by atoms with van der Waals surface area (Å²) < 4.78 is 5.14. The Balaban J connectivity index is 3.55. The molecule has 0 aliphatic rings. The van der Waals surface area contributed by atoms with Crippen molar-refractivity contribution in [1.29, 1.82) is 0 Å². The van der Waals surface area contributed by atoms with Crippen LogP contribution in [0, 0.1) is 0 Å². The molecule has 0 aliphatic heterocycles. The van der Waals surface area contributed by atoms with Crippen molar-refractivity contribution in [2.45, 2.75) is 24.6 Å². The van der Waals surface area contributed by atoms with Gasteiger partial charge < -0.3 is 0 Å². The maximum Gasteiger partial charge on any atom is 0.130 e. The normalized spacial score (nSPS) is 13.7. The van der Waals surface area contributed by atoms with E-state index >= 15 is 0 Å². The van der Waals surface area contributed by atoms with Gasteiger partial charge in [-0.2, -0.15) is 0 Å². The van der Waals surface area contributed by atoms with E-state index < -0.39 is 0 Å². The Morgan fingerprint density at radius 2 is 1.46 bits per heavy atom. The molecule has 72 valence electrons. The van der Waals surface area contributed by atoms with Gasteiger partial charge in [0, 0.05) is 24.1 Å². The number of hydrogen-bond donors (Lipinski definition) is 0. The molecule has 0 aromatic carbocycles. The highest BCUT2D eigenvalue weighted by molar-refractivity contribution is 8.08. The monoisotopic (exact) mass is 252 g/mol. The minimum Gasteiger partial charge on any atom is -0.243 e. The zero-order valence-electron chi connectivity index (χ0n) is 7.09. The lowest BCUT2D eigenvalue weighted by Gasteiger charge is -2.04. The molecule has 2 atom stereocenters. The van der Waals surface area contributed by atoms with Crippen LogP contribution >= 0.6 is 48.5 Å². The number of hydrogen-bond acceptors (Lipinski definition) is 7. The molecule has 13 heavy (non-hydrogen) atoms. The van der Waals surface area contributed by atoms with Gasteiger partial charge in [-0.05, 0) is 38.3 Å². The Kier molecular flexibility index (Phi) is 9.02. The highest BCUT2D eigenvalue weighted by Gasteiger charge is 2.03. The van der Waals surface area contributed by atoms with Crippen LogP contribution in [0.2, 0.25) is 0 Å². The largest absolute Gasteiger partial charge is 0.243 e. The van der Waals surface area contributed by atoms with Crippen LogP contribution < -0.4 is 0 Å². The lowest BCUT2D eigenvalue weighted by Crippen LogP contribution is -1.92. The van der Waals surface area contributed by atoms with Gasteiger partial charge in [0.1, 0.15) is 10.7 Å². The first-order valence-electron chi connectivity index (χ1n) is 3.33. The molecular formula is C6H8N2OS4. The molecule has 0 amide bonds. The summed E-state index contributed by atoms with van der Waals surface area (Å²) in [6.45, 7) is 3.72. The lowest BCUT2D eigenvalue weighted by atomic mass is 10.8. The predicted octanol–water partition coefficient (Wildman–Crippen LogP) is 3.20. The molecule has 0 saturated carbocycles. The van der Waals surface area contributed by atoms with Gasteiger partial charge in [0.15, 0.2) is 0 Å². The zero-order valence-corrected chi connectivity index (χ0v) is 10.4. The standard InChI is InChI=1S/C6H8N2OS4/c1-5(7-3-10)12-9-13-6(2)8-4-11/h5-6H,1-2H3. The molecule has 0 radical (unpaired) electrons. The fourth-order valence-corrected chi connectivity index (χ4v) is 2.06. The van der Waals surface area contributed by atoms with E-state index in [0.29, 0.717) is 0 Å². The van der Waals surface area contributed by atoms with E-state index in [1.807, 2.05) is 13.8 Å². The van der Waals surface area contributed by atoms with Gasteiger partial charge in [0.25, 0.3) is 0 Å². The first-order valence-corrected chi connectivity index (χ1v) is 5.76. The van der Waals surface area contributed by atoms with Crippen LogP contribution in [0.3, 0.4) is 0 Å². The molecule has 0 aliphatic carbocycles. The molecule has 7 heteroatoms. The van der Waals surface area contributed by atoms with E-state index in [-0.39, 0.29) is 10.7 Å². The first-order chi connectivity index (χ1) is 6.20. The summed E-state index contributed by atoms with van der Waals surface area (Å²) in [5.41, 5.74) is 0. The van der Waals surface area contributed by atoms with E-state index in [1.165, 1.54) is 24.1 Å². The smallest absolute Gasteiger partial charge is 0.130 e. The van der Waals surface area contributed by atoms with Gasteiger partial charge in [0.05, 0.1) is 10.3 Å². The Bertz CT molecular complexity index is 211. The van der Waals surface area contributed by atoms with Crippen molar-refractivity contribution in [3.05, 3.63) is 0 Å². The van der Waals surface area contributed by atoms with Gasteiger partial charge >= 0.3 is 0 Å². The second-order valence-electron chi connectivity index (χ2n) is 1.90. The molecule has 0 N–H and O–H groups in total. The molecule has 0 bridgehead atoms. The van der Waals surface area contributed by atoms with E-state index in [1.54, 1.807) is 0 Å². The summed E-state index contributed by atoms with van der Waals surface area (Å²) in [7, 11) is 0. The fourth-order valence-electron chi connectivity index (χ4n) is 0.328. The van der Waals surface area contributed by atoms with E-state index in [9.17, 15) is 0 Å². The van der Waals surface area contributed by atoms with Crippen molar-refractivity contribution in [3.63, 3.8) is 0 Å². The molecule has 0 rings (SSSR count). The number of aliphatic imine (C=N–C) groups is 2. The molecule has 2 unspecified atom stereocenters. The van der Waals surface area contributed by atoms with Gasteiger partial charge in [0.2, 0.25) is 0 Å². The summed E-state index contributed by atoms with van der Waals surface area (Å²) in [5, 5.41) is 4.46. The Labute approximate surface area is 96.8 Å². The molecule has 0 aromatic heterocycles. The van der Waals surface area contributed by atoms with Gasteiger partial charge in [-0.15, -0.1) is 0 Å². The average molecular weight is 252 g/mol. The number of rotatable bonds is 6. The highest BCUT2D eigenvalue weighted by Crippen LogP contribution is 2.24. The van der Waals surface area contributed by atoms with Crippen LogP contribution in [-0.4, -0.2) is 21.1 Å². The fraction of sp³-hybridized carbons (Fsp3) is 0.667. The average Bonchev–Trinajstić information content (AvgIpc) is 2.05. The maximum atomic E-state index is 5.14. The summed E-state index contributed by atoms with van der Waals surface area (Å²) in [5.74, 6) is 0. The summed E-state index contributed by atoms with van der Waals surface area (Å²) in [6, 6.07) is 0. The third-order valence-corrected chi connectivity index (χ3v) is 2.43. The maximum absolute atomic E-state index is 5.14. The van der Waals surface area contributed by atoms with E-state index in [0.717, 1.165) is 0 Å². The van der Waals surface area contributed by atoms with Crippen molar-refractivity contribution < 1.29 is 3.63 Å². The number of nitrogens with zero attached hydrogens (tertiary/aromatic N) is 2. The lowest BCUT2D eigenvalue weighted by molar-refractivity contribution is 0.729. The van der Waals surface area contributed by atoms with Crippen LogP contribution in [0.1, 0.15) is 13.8 Å². The second-order valence-corrected chi connectivity index (χ2v) is 4.56. The van der Waals surface area contributed by atoms with Gasteiger partial charge in [-0.3, -0.25) is 0 Å². The van der Waals surface area contributed by atoms with Crippen molar-refractivity contribution in [2.24, 2.45) is 9.98 Å². The topological polar surface area (TPSA) is 34.0 Å². The third kappa shape index (κ3) is 8.59. The van der Waals surface area contributed by atoms with Crippen molar-refractivity contribution in [3.8, 4) is 0 Å². The zero-order chi connectivity index (χ0) is 10.1. The Morgan fingerprint density at radius 3 is 1.77 bits per heavy atom. The minimum absolute atomic E-state index is 0.0475. The van der Waals surface area contributed by atoms with Crippen molar-refractivity contribution >= 4 is 58.8 Å². The van der Waals surface area contributed by atoms with Crippen LogP contribution in [0.15, 0.2) is 9.98 Å². The summed E-state index contributed by atoms with van der Waals surface area (Å²) in [6.07, 6.45) is 0. The summed E-state index contributed by atoms with van der Waals surface area (Å²) >= 11 is 11.3. The molecule has 0 fully saturated rings. The van der Waals surface area contributed by atoms with Crippen LogP contribution in [-0.2, 0) is 3.63 Å². The number of isothiocyanates is 2. The Hall–Kier alpha value is 0.260. The molecular weight excluding hydrogens is 244 g/mol. The molecule has 0 heterocycles. The highest BCUT2D eigenvalue weighted by atomic mass is 32.2. The van der Waals surface area contributed by atoms with Crippen molar-refractivity contribution in [1.82, 2.24) is 0 Å².